The summed E-state index contributed by atoms with van der Waals surface area (Å²) in [6, 6.07) is 35.7. The molecule has 0 aliphatic carbocycles. The minimum atomic E-state index is -0.786. The van der Waals surface area contributed by atoms with Crippen molar-refractivity contribution in [2.75, 3.05) is 13.2 Å². The van der Waals surface area contributed by atoms with E-state index in [1.807, 2.05) is 37.3 Å². The first-order valence-corrected chi connectivity index (χ1v) is 23.1. The van der Waals surface area contributed by atoms with Crippen LogP contribution in [-0.2, 0) is 15.0 Å². The molecule has 8 aromatic rings. The normalized spacial score (nSPS) is 12.1. The molecule has 0 spiro atoms. The fourth-order valence-corrected chi connectivity index (χ4v) is 8.53. The van der Waals surface area contributed by atoms with E-state index in [0.717, 1.165) is 5.56 Å². The summed E-state index contributed by atoms with van der Waals surface area (Å²) in [5.41, 5.74) is 4.67. The molecule has 10 nitrogen and oxygen atoms in total. The maximum atomic E-state index is 13.0. The molecule has 0 radical (unpaired) electrons. The molecule has 4 N–H and O–H groups in total. The molecule has 0 aliphatic heterocycles. The number of hydrogen-bond donors (Lipinski definition) is 4. The van der Waals surface area contributed by atoms with E-state index in [0.29, 0.717) is 80.7 Å². The van der Waals surface area contributed by atoms with Gasteiger partial charge < -0.3 is 30.3 Å². The minimum absolute atomic E-state index is 0.0239. The van der Waals surface area contributed by atoms with Gasteiger partial charge in [0, 0.05) is 49.4 Å². The molecule has 0 saturated heterocycles. The number of phenolic OH excluding ortho intramolecular Hbond substituents is 2. The number of pyridine rings is 2. The largest absolute Gasteiger partial charge is 0.505 e. The van der Waals surface area contributed by atoms with E-state index in [-0.39, 0.29) is 36.0 Å². The van der Waals surface area contributed by atoms with Gasteiger partial charge in [-0.15, -0.1) is 0 Å². The molecule has 0 bridgehead atoms. The van der Waals surface area contributed by atoms with Crippen LogP contribution >= 0.6 is 58.0 Å². The summed E-state index contributed by atoms with van der Waals surface area (Å²) in [7, 11) is 0. The van der Waals surface area contributed by atoms with E-state index in [4.69, 9.17) is 67.5 Å². The molecule has 2 heterocycles. The number of carbonyl (C=O) groups excluding carboxylic acids is 2. The zero-order valence-electron chi connectivity index (χ0n) is 37.2. The van der Waals surface area contributed by atoms with Crippen molar-refractivity contribution in [2.24, 2.45) is 0 Å². The standard InChI is InChI=1S/C28H26Cl2N2O3.C25H19Cl3N2O3/c1-28(2,3)17-10-12-18(13-11-17)35-16-24(33)32-25(19-7-4-5-9-22(19)29)21-15-23(30)20-8-6-14-31-26(20)27(21)34;1-14-11-15(8-9-19(14)26)33-13-22(31)30-23(16-5-2-3-7-20(16)27)18-12-21(28)17-6-4-10-29-24(17)25(18)32/h4-15,25,34H,16H2,1-3H3,(H,32,33);2-12,23,32H,13H2,1H3,(H,30,31). The number of aryl methyl sites for hydroxylation is 1. The van der Waals surface area contributed by atoms with Crippen molar-refractivity contribution in [3.63, 3.8) is 0 Å². The summed E-state index contributed by atoms with van der Waals surface area (Å²) in [5.74, 6) is 0.143. The summed E-state index contributed by atoms with van der Waals surface area (Å²) < 4.78 is 11.3. The number of amides is 2. The zero-order valence-corrected chi connectivity index (χ0v) is 40.9. The fourth-order valence-electron chi connectivity index (χ4n) is 7.38. The third-order valence-electron chi connectivity index (χ3n) is 10.9. The number of fused-ring (bicyclic) bond motifs is 2. The van der Waals surface area contributed by atoms with Gasteiger partial charge >= 0.3 is 0 Å². The predicted octanol–water partition coefficient (Wildman–Crippen LogP) is 13.3. The zero-order chi connectivity index (χ0) is 48.7. The van der Waals surface area contributed by atoms with Crippen LogP contribution in [0.4, 0.5) is 0 Å². The molecule has 2 aromatic heterocycles. The van der Waals surface area contributed by atoms with Crippen LogP contribution in [-0.4, -0.2) is 45.2 Å². The summed E-state index contributed by atoms with van der Waals surface area (Å²) in [6.07, 6.45) is 3.14. The second-order valence-corrected chi connectivity index (χ2v) is 18.7. The SMILES string of the molecule is CC(C)(C)c1ccc(OCC(=O)NC(c2ccccc2Cl)c2cc(Cl)c3cccnc3c2O)cc1.Cc1cc(OCC(=O)NC(c2ccccc2Cl)c2cc(Cl)c3cccnc3c2O)ccc1Cl. The van der Waals surface area contributed by atoms with Crippen molar-refractivity contribution in [1.29, 1.82) is 0 Å². The molecule has 2 unspecified atom stereocenters. The molecule has 68 heavy (non-hydrogen) atoms. The van der Waals surface area contributed by atoms with Gasteiger partial charge in [-0.3, -0.25) is 19.6 Å². The number of nitrogens with zero attached hydrogens (tertiary/aromatic N) is 2. The quantitative estimate of drug-likeness (QED) is 0.0948. The summed E-state index contributed by atoms with van der Waals surface area (Å²) in [4.78, 5) is 34.4. The number of aromatic nitrogens is 2. The number of carbonyl (C=O) groups is 2. The Hall–Kier alpha value is -6.27. The summed E-state index contributed by atoms with van der Waals surface area (Å²) in [5, 5.41) is 31.4. The molecular weight excluding hydrogens is 966 g/mol. The topological polar surface area (TPSA) is 143 Å². The molecular formula is C53H45Cl5N4O6. The van der Waals surface area contributed by atoms with Gasteiger partial charge in [-0.1, -0.05) is 127 Å². The maximum absolute atomic E-state index is 13.0. The van der Waals surface area contributed by atoms with Crippen molar-refractivity contribution in [3.05, 3.63) is 198 Å². The second-order valence-electron chi connectivity index (χ2n) is 16.7. The number of rotatable bonds is 12. The Morgan fingerprint density at radius 2 is 0.985 bits per heavy atom. The molecule has 6 aromatic carbocycles. The first kappa shape index (κ1) is 49.6. The van der Waals surface area contributed by atoms with E-state index < -0.39 is 18.0 Å². The number of halogens is 5. The molecule has 0 fully saturated rings. The Labute approximate surface area is 418 Å². The number of hydrogen-bond acceptors (Lipinski definition) is 8. The lowest BCUT2D eigenvalue weighted by Gasteiger charge is -2.23. The average Bonchev–Trinajstić information content (AvgIpc) is 3.33. The molecule has 0 aliphatic rings. The van der Waals surface area contributed by atoms with Gasteiger partial charge in [0.15, 0.2) is 13.2 Å². The number of aromatic hydroxyl groups is 2. The van der Waals surface area contributed by atoms with Crippen molar-refractivity contribution < 1.29 is 29.3 Å². The van der Waals surface area contributed by atoms with Crippen LogP contribution in [0.1, 0.15) is 66.2 Å². The number of benzene rings is 6. The Kier molecular flexibility index (Phi) is 15.9. The number of phenols is 2. The highest BCUT2D eigenvalue weighted by Gasteiger charge is 2.27. The maximum Gasteiger partial charge on any atom is 0.258 e. The minimum Gasteiger partial charge on any atom is -0.505 e. The fraction of sp³-hybridized carbons (Fsp3) is 0.170. The van der Waals surface area contributed by atoms with Crippen molar-refractivity contribution in [2.45, 2.75) is 45.2 Å². The lowest BCUT2D eigenvalue weighted by atomic mass is 9.87. The van der Waals surface area contributed by atoms with Gasteiger partial charge in [0.1, 0.15) is 34.0 Å². The second kappa shape index (κ2) is 21.8. The van der Waals surface area contributed by atoms with E-state index in [9.17, 15) is 19.8 Å². The lowest BCUT2D eigenvalue weighted by molar-refractivity contribution is -0.124. The van der Waals surface area contributed by atoms with Gasteiger partial charge in [0.05, 0.1) is 22.1 Å². The third-order valence-corrected chi connectivity index (χ3v) is 12.7. The highest BCUT2D eigenvalue weighted by molar-refractivity contribution is 6.36. The molecule has 0 saturated carbocycles. The Morgan fingerprint density at radius 3 is 1.43 bits per heavy atom. The van der Waals surface area contributed by atoms with Gasteiger partial charge in [-0.05, 0) is 113 Å². The number of nitrogens with one attached hydrogen (secondary N) is 2. The van der Waals surface area contributed by atoms with Crippen LogP contribution < -0.4 is 20.1 Å². The molecule has 348 valence electrons. The van der Waals surface area contributed by atoms with Gasteiger partial charge in [-0.2, -0.15) is 0 Å². The average molecular weight is 1010 g/mol. The third kappa shape index (κ3) is 11.7. The van der Waals surface area contributed by atoms with E-state index in [2.05, 4.69) is 41.4 Å². The molecule has 8 rings (SSSR count). The number of ether oxygens (including phenoxy) is 2. The van der Waals surface area contributed by atoms with Crippen molar-refractivity contribution >= 4 is 91.6 Å². The first-order chi connectivity index (χ1) is 32.5. The highest BCUT2D eigenvalue weighted by atomic mass is 35.5. The van der Waals surface area contributed by atoms with Crippen molar-refractivity contribution in [1.82, 2.24) is 20.6 Å². The Balaban J connectivity index is 0.000000202. The highest BCUT2D eigenvalue weighted by Crippen LogP contribution is 2.41. The predicted molar refractivity (Wildman–Crippen MR) is 272 cm³/mol. The monoisotopic (exact) mass is 1010 g/mol. The van der Waals surface area contributed by atoms with Crippen LogP contribution in [0.25, 0.3) is 21.8 Å². The Morgan fingerprint density at radius 1 is 0.544 bits per heavy atom. The van der Waals surface area contributed by atoms with Crippen LogP contribution in [0.3, 0.4) is 0 Å². The smallest absolute Gasteiger partial charge is 0.258 e. The lowest BCUT2D eigenvalue weighted by Crippen LogP contribution is -2.33. The summed E-state index contributed by atoms with van der Waals surface area (Å²) >= 11 is 31.9. The molecule has 2 amide bonds. The van der Waals surface area contributed by atoms with Gasteiger partial charge in [-0.25, -0.2) is 0 Å². The molecule has 15 heteroatoms. The van der Waals surface area contributed by atoms with Crippen LogP contribution in [0, 0.1) is 6.92 Å². The van der Waals surface area contributed by atoms with Crippen LogP contribution in [0.15, 0.2) is 140 Å². The van der Waals surface area contributed by atoms with Gasteiger partial charge in [0.2, 0.25) is 0 Å². The Bertz CT molecular complexity index is 3130. The van der Waals surface area contributed by atoms with Crippen molar-refractivity contribution in [3.8, 4) is 23.0 Å². The van der Waals surface area contributed by atoms with Crippen LogP contribution in [0.2, 0.25) is 25.1 Å². The van der Waals surface area contributed by atoms with Crippen LogP contribution in [0.5, 0.6) is 23.0 Å². The van der Waals surface area contributed by atoms with E-state index in [1.54, 1.807) is 109 Å². The van der Waals surface area contributed by atoms with E-state index >= 15 is 0 Å². The summed E-state index contributed by atoms with van der Waals surface area (Å²) in [6.45, 7) is 7.79. The van der Waals surface area contributed by atoms with Gasteiger partial charge in [0.25, 0.3) is 11.8 Å². The first-order valence-electron chi connectivity index (χ1n) is 21.2. The molecule has 2 atom stereocenters. The van der Waals surface area contributed by atoms with E-state index in [1.165, 1.54) is 5.56 Å².